The summed E-state index contributed by atoms with van der Waals surface area (Å²) in [6.45, 7) is 5.24. The molecule has 0 bridgehead atoms. The molecule has 0 atom stereocenters. The van der Waals surface area contributed by atoms with Gasteiger partial charge >= 0.3 is 11.9 Å². The quantitative estimate of drug-likeness (QED) is 0.277. The van der Waals surface area contributed by atoms with Gasteiger partial charge in [0.1, 0.15) is 17.1 Å². The van der Waals surface area contributed by atoms with E-state index >= 15 is 0 Å². The number of rotatable bonds is 9. The molecule has 2 N–H and O–H groups in total. The number of benzene rings is 1. The van der Waals surface area contributed by atoms with Gasteiger partial charge in [-0.25, -0.2) is 14.6 Å². The molecular formula is C21H23N3O6. The lowest BCUT2D eigenvalue weighted by Crippen LogP contribution is -2.13. The molecule has 0 spiro atoms. The number of anilines is 1. The number of aryl methyl sites for hydroxylation is 1. The van der Waals surface area contributed by atoms with Crippen molar-refractivity contribution in [1.29, 1.82) is 0 Å². The van der Waals surface area contributed by atoms with E-state index in [9.17, 15) is 14.7 Å². The van der Waals surface area contributed by atoms with Crippen molar-refractivity contribution < 1.29 is 28.7 Å². The summed E-state index contributed by atoms with van der Waals surface area (Å²) in [5.74, 6) is -0.916. The second-order valence-corrected chi connectivity index (χ2v) is 5.82. The van der Waals surface area contributed by atoms with Crippen molar-refractivity contribution in [2.24, 2.45) is 4.99 Å². The summed E-state index contributed by atoms with van der Waals surface area (Å²) >= 11 is 0. The van der Waals surface area contributed by atoms with Crippen LogP contribution in [0, 0.1) is 6.92 Å². The van der Waals surface area contributed by atoms with Gasteiger partial charge in [0, 0.05) is 24.0 Å². The van der Waals surface area contributed by atoms with Crippen molar-refractivity contribution in [2.45, 2.75) is 20.8 Å². The number of aliphatic imine (C=N–C) groups is 1. The van der Waals surface area contributed by atoms with Crippen molar-refractivity contribution in [2.75, 3.05) is 18.5 Å². The average Bonchev–Trinajstić information content (AvgIpc) is 3.16. The van der Waals surface area contributed by atoms with E-state index in [1.54, 1.807) is 57.2 Å². The minimum Gasteiger partial charge on any atom is -0.506 e. The first-order chi connectivity index (χ1) is 14.5. The molecular weight excluding hydrogens is 390 g/mol. The van der Waals surface area contributed by atoms with Crippen LogP contribution in [0.5, 0.6) is 0 Å². The average molecular weight is 413 g/mol. The van der Waals surface area contributed by atoms with Gasteiger partial charge in [-0.15, -0.1) is 0 Å². The third-order valence-electron chi connectivity index (χ3n) is 3.60. The summed E-state index contributed by atoms with van der Waals surface area (Å²) in [7, 11) is 0. The zero-order valence-corrected chi connectivity index (χ0v) is 16.9. The maximum Gasteiger partial charge on any atom is 0.358 e. The minimum atomic E-state index is -0.786. The van der Waals surface area contributed by atoms with E-state index in [1.165, 1.54) is 6.20 Å². The maximum absolute atomic E-state index is 12.3. The summed E-state index contributed by atoms with van der Waals surface area (Å²) in [5.41, 5.74) is 0.0283. The van der Waals surface area contributed by atoms with Crippen LogP contribution in [0.1, 0.15) is 25.2 Å². The predicted molar refractivity (Wildman–Crippen MR) is 111 cm³/mol. The topological polar surface area (TPSA) is 123 Å². The molecule has 30 heavy (non-hydrogen) atoms. The number of nitrogens with zero attached hydrogens (tertiary/aromatic N) is 2. The molecule has 0 unspecified atom stereocenters. The van der Waals surface area contributed by atoms with Gasteiger partial charge in [0.25, 0.3) is 0 Å². The van der Waals surface area contributed by atoms with E-state index < -0.39 is 11.9 Å². The highest BCUT2D eigenvalue weighted by Crippen LogP contribution is 2.17. The zero-order valence-electron chi connectivity index (χ0n) is 16.9. The molecule has 0 fully saturated rings. The van der Waals surface area contributed by atoms with E-state index in [0.29, 0.717) is 17.1 Å². The Balaban J connectivity index is 2.40. The van der Waals surface area contributed by atoms with E-state index in [4.69, 9.17) is 14.0 Å². The number of esters is 2. The second kappa shape index (κ2) is 11.2. The molecule has 2 aromatic rings. The molecule has 158 valence electrons. The lowest BCUT2D eigenvalue weighted by molar-refractivity contribution is -0.139. The fourth-order valence-corrected chi connectivity index (χ4v) is 2.24. The van der Waals surface area contributed by atoms with Crippen LogP contribution in [0.3, 0.4) is 0 Å². The predicted octanol–water partition coefficient (Wildman–Crippen LogP) is 3.40. The number of hydrogen-bond acceptors (Lipinski definition) is 9. The van der Waals surface area contributed by atoms with Gasteiger partial charge < -0.3 is 24.4 Å². The molecule has 0 radical (unpaired) electrons. The minimum absolute atomic E-state index is 0.103. The van der Waals surface area contributed by atoms with Gasteiger partial charge in [0.15, 0.2) is 11.5 Å². The monoisotopic (exact) mass is 413 g/mol. The number of aliphatic hydroxyl groups excluding tert-OH is 1. The summed E-state index contributed by atoms with van der Waals surface area (Å²) < 4.78 is 14.9. The first kappa shape index (κ1) is 22.4. The van der Waals surface area contributed by atoms with Crippen molar-refractivity contribution in [3.05, 3.63) is 65.2 Å². The Morgan fingerprint density at radius 2 is 1.83 bits per heavy atom. The first-order valence-corrected chi connectivity index (χ1v) is 9.23. The largest absolute Gasteiger partial charge is 0.506 e. The maximum atomic E-state index is 12.3. The molecule has 0 amide bonds. The van der Waals surface area contributed by atoms with Crippen LogP contribution in [0.25, 0.3) is 5.76 Å². The Morgan fingerprint density at radius 3 is 2.43 bits per heavy atom. The van der Waals surface area contributed by atoms with Crippen LogP contribution < -0.4 is 5.32 Å². The third kappa shape index (κ3) is 6.33. The molecule has 0 aliphatic rings. The van der Waals surface area contributed by atoms with Gasteiger partial charge in [-0.2, -0.15) is 0 Å². The number of ether oxygens (including phenoxy) is 2. The van der Waals surface area contributed by atoms with Crippen LogP contribution in [0.15, 0.2) is 63.4 Å². The molecule has 2 rings (SSSR count). The van der Waals surface area contributed by atoms with Crippen LogP contribution in [0.2, 0.25) is 0 Å². The highest BCUT2D eigenvalue weighted by Gasteiger charge is 2.18. The van der Waals surface area contributed by atoms with E-state index in [2.05, 4.69) is 15.5 Å². The van der Waals surface area contributed by atoms with Crippen molar-refractivity contribution in [3.63, 3.8) is 0 Å². The molecule has 9 heteroatoms. The van der Waals surface area contributed by atoms with Crippen LogP contribution >= 0.6 is 0 Å². The number of aliphatic hydroxyl groups is 1. The van der Waals surface area contributed by atoms with E-state index in [-0.39, 0.29) is 30.2 Å². The Morgan fingerprint density at radius 1 is 1.17 bits per heavy atom. The lowest BCUT2D eigenvalue weighted by atomic mass is 10.1. The molecule has 0 saturated carbocycles. The summed E-state index contributed by atoms with van der Waals surface area (Å²) in [6, 6.07) is 10.1. The molecule has 0 saturated heterocycles. The number of aromatic nitrogens is 1. The number of carbonyl (C=O) groups excluding carboxylic acids is 2. The molecule has 1 heterocycles. The number of hydrogen-bond donors (Lipinski definition) is 2. The van der Waals surface area contributed by atoms with Gasteiger partial charge in [0.05, 0.1) is 13.2 Å². The van der Waals surface area contributed by atoms with Crippen molar-refractivity contribution in [3.8, 4) is 0 Å². The SMILES string of the molecule is CCOC(=O)C(=C/Nc1cc(C)on1)/N=C/C(C(=O)OCC)=C(/O)c1ccccc1. The normalized spacial score (nSPS) is 12.4. The first-order valence-electron chi connectivity index (χ1n) is 9.23. The molecule has 0 aliphatic heterocycles. The van der Waals surface area contributed by atoms with Gasteiger partial charge in [-0.3, -0.25) is 0 Å². The highest BCUT2D eigenvalue weighted by atomic mass is 16.5. The number of carbonyl (C=O) groups is 2. The Hall–Kier alpha value is -3.88. The third-order valence-corrected chi connectivity index (χ3v) is 3.60. The van der Waals surface area contributed by atoms with Crippen LogP contribution in [-0.4, -0.2) is 41.6 Å². The highest BCUT2D eigenvalue weighted by molar-refractivity contribution is 6.15. The van der Waals surface area contributed by atoms with Crippen LogP contribution in [0.4, 0.5) is 5.82 Å². The fourth-order valence-electron chi connectivity index (χ4n) is 2.24. The van der Waals surface area contributed by atoms with E-state index in [0.717, 1.165) is 6.21 Å². The summed E-state index contributed by atoms with van der Waals surface area (Å²) in [4.78, 5) is 28.6. The molecule has 1 aromatic carbocycles. The Bertz CT molecular complexity index is 960. The van der Waals surface area contributed by atoms with Gasteiger partial charge in [-0.05, 0) is 20.8 Å². The summed E-state index contributed by atoms with van der Waals surface area (Å²) in [6.07, 6.45) is 2.31. The summed E-state index contributed by atoms with van der Waals surface area (Å²) in [5, 5.41) is 17.1. The lowest BCUT2D eigenvalue weighted by Gasteiger charge is -2.07. The molecule has 0 aliphatic carbocycles. The van der Waals surface area contributed by atoms with Gasteiger partial charge in [-0.1, -0.05) is 35.5 Å². The zero-order chi connectivity index (χ0) is 21.9. The fraction of sp³-hybridized carbons (Fsp3) is 0.238. The smallest absolute Gasteiger partial charge is 0.358 e. The van der Waals surface area contributed by atoms with Crippen LogP contribution in [-0.2, 0) is 19.1 Å². The van der Waals surface area contributed by atoms with Crippen molar-refractivity contribution >= 4 is 29.7 Å². The number of nitrogens with one attached hydrogen (secondary N) is 1. The Kier molecular flexibility index (Phi) is 8.37. The second-order valence-electron chi connectivity index (χ2n) is 5.82. The molecule has 1 aromatic heterocycles. The van der Waals surface area contributed by atoms with Crippen molar-refractivity contribution in [1.82, 2.24) is 5.16 Å². The molecule has 9 nitrogen and oxygen atoms in total. The standard InChI is InChI=1S/C21H23N3O6/c1-4-28-20(26)16(19(25)15-9-7-6-8-10-15)12-22-17(21(27)29-5-2)13-23-18-11-14(3)30-24-18/h6-13,25H,4-5H2,1-3H3,(H,23,24)/b17-13-,19-16-,22-12+. The Labute approximate surface area is 173 Å². The van der Waals surface area contributed by atoms with Gasteiger partial charge in [0.2, 0.25) is 0 Å². The van der Waals surface area contributed by atoms with E-state index in [1.807, 2.05) is 0 Å².